The molecule has 1 saturated heterocycles. The fourth-order valence-electron chi connectivity index (χ4n) is 2.81. The van der Waals surface area contributed by atoms with Crippen LogP contribution in [0.3, 0.4) is 0 Å². The molecule has 1 amide bonds. The zero-order valence-electron chi connectivity index (χ0n) is 12.1. The molecule has 1 aromatic rings. The van der Waals surface area contributed by atoms with Crippen molar-refractivity contribution >= 4 is 11.7 Å². The van der Waals surface area contributed by atoms with Gasteiger partial charge in [-0.25, -0.2) is 4.57 Å². The SMILES string of the molecule is C[n+]1ccccc1N1CC[NH+](CC(=O)NC2CC2)CC1. The minimum absolute atomic E-state index is 0.223. The van der Waals surface area contributed by atoms with Gasteiger partial charge in [0.05, 0.1) is 13.2 Å². The van der Waals surface area contributed by atoms with Crippen LogP contribution in [0.1, 0.15) is 12.8 Å². The molecule has 2 fully saturated rings. The highest BCUT2D eigenvalue weighted by atomic mass is 16.2. The molecule has 1 saturated carbocycles. The number of aryl methyl sites for hydroxylation is 1. The van der Waals surface area contributed by atoms with Crippen LogP contribution in [-0.2, 0) is 11.8 Å². The van der Waals surface area contributed by atoms with Crippen LogP contribution >= 0.6 is 0 Å². The van der Waals surface area contributed by atoms with Crippen LogP contribution in [0, 0.1) is 0 Å². The highest BCUT2D eigenvalue weighted by Gasteiger charge is 2.30. The van der Waals surface area contributed by atoms with Gasteiger partial charge in [0.1, 0.15) is 26.2 Å². The molecule has 108 valence electrons. The van der Waals surface area contributed by atoms with E-state index in [-0.39, 0.29) is 5.91 Å². The first kappa shape index (κ1) is 13.4. The fraction of sp³-hybridized carbons (Fsp3) is 0.600. The highest BCUT2D eigenvalue weighted by molar-refractivity contribution is 5.77. The second-order valence-corrected chi connectivity index (χ2v) is 5.93. The summed E-state index contributed by atoms with van der Waals surface area (Å²) < 4.78 is 2.16. The first-order valence-electron chi connectivity index (χ1n) is 7.55. The molecular weight excluding hydrogens is 252 g/mol. The molecule has 1 aliphatic heterocycles. The van der Waals surface area contributed by atoms with Crippen molar-refractivity contribution < 1.29 is 14.3 Å². The number of rotatable bonds is 4. The molecule has 2 heterocycles. The molecule has 1 aliphatic carbocycles. The molecule has 5 heteroatoms. The first-order valence-corrected chi connectivity index (χ1v) is 7.55. The Morgan fingerprint density at radius 2 is 2.15 bits per heavy atom. The quantitative estimate of drug-likeness (QED) is 0.657. The fourth-order valence-corrected chi connectivity index (χ4v) is 2.81. The van der Waals surface area contributed by atoms with E-state index in [1.54, 1.807) is 0 Å². The summed E-state index contributed by atoms with van der Waals surface area (Å²) in [6.45, 7) is 4.74. The molecule has 2 aliphatic rings. The molecule has 2 N–H and O–H groups in total. The third-order valence-corrected chi connectivity index (χ3v) is 4.18. The first-order chi connectivity index (χ1) is 9.72. The molecular formula is C15H24N4O+2. The normalized spacial score (nSPS) is 19.9. The van der Waals surface area contributed by atoms with E-state index in [0.717, 1.165) is 26.2 Å². The Balaban J connectivity index is 1.49. The molecule has 0 spiro atoms. The van der Waals surface area contributed by atoms with Crippen LogP contribution < -0.4 is 19.7 Å². The van der Waals surface area contributed by atoms with Crippen molar-refractivity contribution in [3.63, 3.8) is 0 Å². The molecule has 0 unspecified atom stereocenters. The number of carbonyl (C=O) groups is 1. The summed E-state index contributed by atoms with van der Waals surface area (Å²) in [5.41, 5.74) is 0. The van der Waals surface area contributed by atoms with Crippen molar-refractivity contribution in [2.45, 2.75) is 18.9 Å². The van der Waals surface area contributed by atoms with Gasteiger partial charge < -0.3 is 10.2 Å². The van der Waals surface area contributed by atoms with E-state index in [0.29, 0.717) is 12.6 Å². The summed E-state index contributed by atoms with van der Waals surface area (Å²) in [4.78, 5) is 15.6. The van der Waals surface area contributed by atoms with Gasteiger partial charge in [-0.1, -0.05) is 6.07 Å². The van der Waals surface area contributed by atoms with Gasteiger partial charge in [0.2, 0.25) is 0 Å². The third-order valence-electron chi connectivity index (χ3n) is 4.18. The zero-order chi connectivity index (χ0) is 13.9. The Kier molecular flexibility index (Phi) is 3.87. The van der Waals surface area contributed by atoms with Crippen molar-refractivity contribution in [2.75, 3.05) is 37.6 Å². The van der Waals surface area contributed by atoms with Crippen molar-refractivity contribution in [2.24, 2.45) is 7.05 Å². The summed E-state index contributed by atoms with van der Waals surface area (Å²) >= 11 is 0. The average molecular weight is 276 g/mol. The van der Waals surface area contributed by atoms with Crippen LogP contribution in [0.2, 0.25) is 0 Å². The number of quaternary nitrogens is 1. The number of anilines is 1. The van der Waals surface area contributed by atoms with Crippen LogP contribution in [0.5, 0.6) is 0 Å². The number of nitrogens with one attached hydrogen (secondary N) is 2. The Hall–Kier alpha value is -1.62. The highest BCUT2D eigenvalue weighted by Crippen LogP contribution is 2.18. The minimum Gasteiger partial charge on any atom is -0.348 e. The van der Waals surface area contributed by atoms with E-state index in [2.05, 4.69) is 40.2 Å². The lowest BCUT2D eigenvalue weighted by molar-refractivity contribution is -0.892. The summed E-state index contributed by atoms with van der Waals surface area (Å²) in [5, 5.41) is 3.08. The lowest BCUT2D eigenvalue weighted by Gasteiger charge is -2.28. The van der Waals surface area contributed by atoms with Gasteiger partial charge in [0, 0.05) is 12.1 Å². The molecule has 0 radical (unpaired) electrons. The van der Waals surface area contributed by atoms with E-state index >= 15 is 0 Å². The second-order valence-electron chi connectivity index (χ2n) is 5.93. The number of hydrogen-bond donors (Lipinski definition) is 2. The van der Waals surface area contributed by atoms with Crippen LogP contribution in [0.4, 0.5) is 5.82 Å². The van der Waals surface area contributed by atoms with Gasteiger partial charge in [0.25, 0.3) is 11.7 Å². The monoisotopic (exact) mass is 276 g/mol. The predicted octanol–water partition coefficient (Wildman–Crippen LogP) is -1.51. The largest absolute Gasteiger partial charge is 0.348 e. The lowest BCUT2D eigenvalue weighted by atomic mass is 10.3. The molecule has 3 rings (SSSR count). The van der Waals surface area contributed by atoms with Gasteiger partial charge in [-0.2, -0.15) is 0 Å². The molecule has 5 nitrogen and oxygen atoms in total. The number of piperazine rings is 1. The second kappa shape index (κ2) is 5.79. The Morgan fingerprint density at radius 1 is 1.40 bits per heavy atom. The van der Waals surface area contributed by atoms with Gasteiger partial charge >= 0.3 is 0 Å². The van der Waals surface area contributed by atoms with Crippen LogP contribution in [0.25, 0.3) is 0 Å². The van der Waals surface area contributed by atoms with E-state index in [9.17, 15) is 4.79 Å². The summed E-state index contributed by atoms with van der Waals surface area (Å²) in [6.07, 6.45) is 4.41. The number of pyridine rings is 1. The standard InChI is InChI=1S/C15H22N4O/c1-17-7-3-2-4-15(17)19-10-8-18(9-11-19)12-14(20)16-13-5-6-13/h2-4,7,13H,5-6,8-12H2,1H3/p+2. The summed E-state index contributed by atoms with van der Waals surface area (Å²) in [6, 6.07) is 6.77. The van der Waals surface area contributed by atoms with Gasteiger partial charge in [-0.3, -0.25) is 9.69 Å². The van der Waals surface area contributed by atoms with Crippen molar-refractivity contribution in [1.82, 2.24) is 5.32 Å². The minimum atomic E-state index is 0.223. The Labute approximate surface area is 120 Å². The zero-order valence-corrected chi connectivity index (χ0v) is 12.1. The lowest BCUT2D eigenvalue weighted by Crippen LogP contribution is -3.16. The summed E-state index contributed by atoms with van der Waals surface area (Å²) in [7, 11) is 2.08. The van der Waals surface area contributed by atoms with Crippen LogP contribution in [0.15, 0.2) is 24.4 Å². The van der Waals surface area contributed by atoms with Gasteiger partial charge in [-0.05, 0) is 18.9 Å². The number of nitrogens with zero attached hydrogens (tertiary/aromatic N) is 2. The maximum atomic E-state index is 11.8. The van der Waals surface area contributed by atoms with Gasteiger partial charge in [0.15, 0.2) is 6.54 Å². The Bertz CT molecular complexity index is 479. The number of amides is 1. The van der Waals surface area contributed by atoms with E-state index < -0.39 is 0 Å². The average Bonchev–Trinajstić information content (AvgIpc) is 3.24. The maximum Gasteiger partial charge on any atom is 0.276 e. The molecule has 0 atom stereocenters. The van der Waals surface area contributed by atoms with E-state index in [1.807, 2.05) is 6.07 Å². The van der Waals surface area contributed by atoms with Crippen molar-refractivity contribution in [3.8, 4) is 0 Å². The van der Waals surface area contributed by atoms with E-state index in [1.165, 1.54) is 23.6 Å². The number of aromatic nitrogens is 1. The number of hydrogen-bond acceptors (Lipinski definition) is 2. The van der Waals surface area contributed by atoms with Crippen LogP contribution in [-0.4, -0.2) is 44.7 Å². The number of carbonyl (C=O) groups excluding carboxylic acids is 1. The van der Waals surface area contributed by atoms with E-state index in [4.69, 9.17) is 0 Å². The smallest absolute Gasteiger partial charge is 0.276 e. The Morgan fingerprint density at radius 3 is 2.80 bits per heavy atom. The summed E-state index contributed by atoms with van der Waals surface area (Å²) in [5.74, 6) is 1.48. The predicted molar refractivity (Wildman–Crippen MR) is 76.6 cm³/mol. The molecule has 20 heavy (non-hydrogen) atoms. The molecule has 0 bridgehead atoms. The maximum absolute atomic E-state index is 11.8. The third kappa shape index (κ3) is 3.28. The molecule has 1 aromatic heterocycles. The molecule has 0 aromatic carbocycles. The van der Waals surface area contributed by atoms with Gasteiger partial charge in [-0.15, -0.1) is 0 Å². The van der Waals surface area contributed by atoms with Crippen molar-refractivity contribution in [1.29, 1.82) is 0 Å². The topological polar surface area (TPSA) is 40.7 Å². The van der Waals surface area contributed by atoms with Crippen molar-refractivity contribution in [3.05, 3.63) is 24.4 Å².